The number of hydrogen-bond acceptors (Lipinski definition) is 3. The van der Waals surface area contributed by atoms with Gasteiger partial charge in [-0.25, -0.2) is 4.98 Å². The molecule has 136 valence electrons. The van der Waals surface area contributed by atoms with E-state index in [1.807, 2.05) is 18.2 Å². The van der Waals surface area contributed by atoms with Crippen LogP contribution in [0.2, 0.25) is 0 Å². The average molecular weight is 377 g/mol. The number of halogens is 3. The van der Waals surface area contributed by atoms with Crippen molar-refractivity contribution >= 4 is 27.3 Å². The van der Waals surface area contributed by atoms with E-state index in [1.165, 1.54) is 11.3 Å². The molecule has 0 fully saturated rings. The quantitative estimate of drug-likeness (QED) is 0.481. The van der Waals surface area contributed by atoms with Crippen LogP contribution in [0.25, 0.3) is 10.2 Å². The van der Waals surface area contributed by atoms with Crippen LogP contribution in [-0.2, 0) is 5.41 Å². The maximum absolute atomic E-state index is 13.2. The van der Waals surface area contributed by atoms with Crippen molar-refractivity contribution in [2.45, 2.75) is 37.8 Å². The monoisotopic (exact) mass is 377 g/mol. The zero-order valence-corrected chi connectivity index (χ0v) is 15.0. The molecule has 0 amide bonds. The van der Waals surface area contributed by atoms with Gasteiger partial charge in [-0.2, -0.15) is 13.2 Å². The molecule has 26 heavy (non-hydrogen) atoms. The van der Waals surface area contributed by atoms with E-state index in [2.05, 4.69) is 4.98 Å². The van der Waals surface area contributed by atoms with Gasteiger partial charge >= 0.3 is 6.18 Å². The van der Waals surface area contributed by atoms with Crippen LogP contribution in [0.5, 0.6) is 0 Å². The van der Waals surface area contributed by atoms with E-state index in [0.29, 0.717) is 16.1 Å². The Balaban J connectivity index is 1.87. The summed E-state index contributed by atoms with van der Waals surface area (Å²) in [6.45, 7) is 1.55. The van der Waals surface area contributed by atoms with Crippen LogP contribution in [0.3, 0.4) is 0 Å². The summed E-state index contributed by atoms with van der Waals surface area (Å²) in [5, 5.41) is 0.428. The third-order valence-electron chi connectivity index (χ3n) is 4.40. The summed E-state index contributed by atoms with van der Waals surface area (Å²) in [6, 6.07) is 15.9. The summed E-state index contributed by atoms with van der Waals surface area (Å²) in [4.78, 5) is 16.8. The van der Waals surface area contributed by atoms with Gasteiger partial charge in [0.05, 0.1) is 16.6 Å². The summed E-state index contributed by atoms with van der Waals surface area (Å²) in [5.41, 5.74) is -0.0201. The molecule has 2 nitrogen and oxygen atoms in total. The molecule has 2 aromatic carbocycles. The van der Waals surface area contributed by atoms with Gasteiger partial charge in [0.2, 0.25) is 0 Å². The molecule has 0 radical (unpaired) electrons. The van der Waals surface area contributed by atoms with Gasteiger partial charge in [-0.3, -0.25) is 4.79 Å². The molecular formula is C20H18F3NOS. The maximum Gasteiger partial charge on any atom is 0.390 e. The molecule has 6 heteroatoms. The Morgan fingerprint density at radius 1 is 1.04 bits per heavy atom. The molecule has 0 saturated heterocycles. The van der Waals surface area contributed by atoms with Crippen LogP contribution in [0.1, 0.15) is 41.6 Å². The van der Waals surface area contributed by atoms with Crippen molar-refractivity contribution in [3.8, 4) is 0 Å². The largest absolute Gasteiger partial charge is 0.390 e. The first-order valence-electron chi connectivity index (χ1n) is 8.28. The van der Waals surface area contributed by atoms with Crippen LogP contribution in [0, 0.1) is 0 Å². The molecule has 0 spiro atoms. The van der Waals surface area contributed by atoms with Gasteiger partial charge in [0, 0.05) is 17.4 Å². The molecule has 1 unspecified atom stereocenters. The van der Waals surface area contributed by atoms with E-state index in [4.69, 9.17) is 0 Å². The highest BCUT2D eigenvalue weighted by atomic mass is 32.1. The Morgan fingerprint density at radius 3 is 2.35 bits per heavy atom. The van der Waals surface area contributed by atoms with Gasteiger partial charge in [0.25, 0.3) is 0 Å². The first-order valence-corrected chi connectivity index (χ1v) is 9.10. The molecule has 1 aromatic heterocycles. The molecule has 0 saturated carbocycles. The number of alkyl halides is 3. The normalized spacial score (nSPS) is 14.3. The highest BCUT2D eigenvalue weighted by molar-refractivity contribution is 7.18. The summed E-state index contributed by atoms with van der Waals surface area (Å²) in [6.07, 6.45) is -5.18. The third-order valence-corrected chi connectivity index (χ3v) is 5.74. The number of fused-ring (bicyclic) bond motifs is 1. The lowest BCUT2D eigenvalue weighted by Gasteiger charge is -2.28. The number of para-hydroxylation sites is 1. The van der Waals surface area contributed by atoms with Crippen molar-refractivity contribution in [3.05, 3.63) is 65.2 Å². The molecule has 0 aliphatic rings. The summed E-state index contributed by atoms with van der Waals surface area (Å²) in [7, 11) is 0. The molecule has 0 N–H and O–H groups in total. The van der Waals surface area contributed by atoms with Gasteiger partial charge in [0.1, 0.15) is 5.01 Å². The van der Waals surface area contributed by atoms with E-state index in [1.54, 1.807) is 43.3 Å². The minimum Gasteiger partial charge on any atom is -0.294 e. The standard InChI is InChI=1S/C20H18F3NOS/c1-19(13-20(21,22)23,12-11-16(25)14-7-3-2-4-8-14)18-24-15-9-5-6-10-17(15)26-18/h2-10H,11-13H2,1H3. The lowest BCUT2D eigenvalue weighted by Crippen LogP contribution is -2.30. The number of aromatic nitrogens is 1. The average Bonchev–Trinajstić information content (AvgIpc) is 3.04. The number of ketones is 1. The van der Waals surface area contributed by atoms with Crippen molar-refractivity contribution in [3.63, 3.8) is 0 Å². The second-order valence-electron chi connectivity index (χ2n) is 6.63. The lowest BCUT2D eigenvalue weighted by molar-refractivity contribution is -0.147. The first-order chi connectivity index (χ1) is 12.3. The minimum absolute atomic E-state index is 0.0481. The number of thiazole rings is 1. The van der Waals surface area contributed by atoms with Crippen LogP contribution >= 0.6 is 11.3 Å². The summed E-state index contributed by atoms with van der Waals surface area (Å²) >= 11 is 1.27. The zero-order chi connectivity index (χ0) is 18.8. The fourth-order valence-electron chi connectivity index (χ4n) is 3.00. The highest BCUT2D eigenvalue weighted by Gasteiger charge is 2.42. The Labute approximate surface area is 153 Å². The van der Waals surface area contributed by atoms with Gasteiger partial charge in [-0.1, -0.05) is 49.4 Å². The van der Waals surface area contributed by atoms with Crippen LogP contribution in [-0.4, -0.2) is 16.9 Å². The Hall–Kier alpha value is -2.21. The molecule has 0 aliphatic carbocycles. The number of rotatable bonds is 6. The van der Waals surface area contributed by atoms with E-state index in [-0.39, 0.29) is 18.6 Å². The predicted octanol–water partition coefficient (Wildman–Crippen LogP) is 6.17. The molecule has 3 rings (SSSR count). The van der Waals surface area contributed by atoms with E-state index < -0.39 is 18.0 Å². The van der Waals surface area contributed by atoms with E-state index in [0.717, 1.165) is 4.70 Å². The summed E-state index contributed by atoms with van der Waals surface area (Å²) < 4.78 is 40.5. The fraction of sp³-hybridized carbons (Fsp3) is 0.300. The van der Waals surface area contributed by atoms with Crippen LogP contribution in [0.4, 0.5) is 13.2 Å². The van der Waals surface area contributed by atoms with Crippen molar-refractivity contribution < 1.29 is 18.0 Å². The van der Waals surface area contributed by atoms with Gasteiger partial charge in [-0.15, -0.1) is 11.3 Å². The number of hydrogen-bond donors (Lipinski definition) is 0. The number of benzene rings is 2. The predicted molar refractivity (Wildman–Crippen MR) is 97.7 cm³/mol. The molecule has 0 aliphatic heterocycles. The number of carbonyl (C=O) groups is 1. The number of nitrogens with zero attached hydrogens (tertiary/aromatic N) is 1. The first kappa shape index (κ1) is 18.6. The Morgan fingerprint density at radius 2 is 1.69 bits per heavy atom. The maximum atomic E-state index is 13.2. The lowest BCUT2D eigenvalue weighted by atomic mass is 9.81. The van der Waals surface area contributed by atoms with Gasteiger partial charge in [0.15, 0.2) is 5.78 Å². The zero-order valence-electron chi connectivity index (χ0n) is 14.2. The smallest absolute Gasteiger partial charge is 0.294 e. The summed E-state index contributed by atoms with van der Waals surface area (Å²) in [5.74, 6) is -0.153. The van der Waals surface area contributed by atoms with Crippen molar-refractivity contribution in [1.82, 2.24) is 4.98 Å². The van der Waals surface area contributed by atoms with Crippen LogP contribution < -0.4 is 0 Å². The van der Waals surface area contributed by atoms with Crippen LogP contribution in [0.15, 0.2) is 54.6 Å². The van der Waals surface area contributed by atoms with E-state index >= 15 is 0 Å². The highest BCUT2D eigenvalue weighted by Crippen LogP contribution is 2.42. The van der Waals surface area contributed by atoms with Gasteiger partial charge < -0.3 is 0 Å². The molecule has 0 bridgehead atoms. The third kappa shape index (κ3) is 4.30. The fourth-order valence-corrected chi connectivity index (χ4v) is 4.14. The van der Waals surface area contributed by atoms with Crippen molar-refractivity contribution in [1.29, 1.82) is 0 Å². The second-order valence-corrected chi connectivity index (χ2v) is 7.66. The molecule has 1 atom stereocenters. The minimum atomic E-state index is -4.33. The molecule has 1 heterocycles. The van der Waals surface area contributed by atoms with Crippen molar-refractivity contribution in [2.24, 2.45) is 0 Å². The molecular weight excluding hydrogens is 359 g/mol. The number of carbonyl (C=O) groups excluding carboxylic acids is 1. The van der Waals surface area contributed by atoms with Gasteiger partial charge in [-0.05, 0) is 18.6 Å². The van der Waals surface area contributed by atoms with E-state index in [9.17, 15) is 18.0 Å². The SMILES string of the molecule is CC(CCC(=O)c1ccccc1)(CC(F)(F)F)c1nc2ccccc2s1. The molecule has 3 aromatic rings. The topological polar surface area (TPSA) is 30.0 Å². The number of Topliss-reactive ketones (excluding diaryl/α,β-unsaturated/α-hetero) is 1. The Kier molecular flexibility index (Phi) is 5.14. The Bertz CT molecular complexity index is 871. The van der Waals surface area contributed by atoms with Crippen molar-refractivity contribution in [2.75, 3.05) is 0 Å². The second kappa shape index (κ2) is 7.19.